The summed E-state index contributed by atoms with van der Waals surface area (Å²) < 4.78 is 11.3. The van der Waals surface area contributed by atoms with E-state index < -0.39 is 0 Å². The number of esters is 2. The van der Waals surface area contributed by atoms with Crippen LogP contribution in [0.4, 0.5) is 0 Å². The molecule has 564 valence electrons. The van der Waals surface area contributed by atoms with Gasteiger partial charge >= 0.3 is 11.9 Å². The van der Waals surface area contributed by atoms with E-state index >= 15 is 0 Å². The van der Waals surface area contributed by atoms with Crippen LogP contribution in [-0.4, -0.2) is 119 Å². The molecule has 0 saturated heterocycles. The first-order valence-corrected chi connectivity index (χ1v) is 43.9. The summed E-state index contributed by atoms with van der Waals surface area (Å²) in [6.45, 7) is 22.1. The number of unbranched alkanes of at least 4 members (excludes halogenated alkanes) is 36. The van der Waals surface area contributed by atoms with Crippen molar-refractivity contribution in [1.29, 1.82) is 0 Å². The van der Waals surface area contributed by atoms with Crippen molar-refractivity contribution < 1.29 is 38.9 Å². The highest BCUT2D eigenvalue weighted by Crippen LogP contribution is 2.31. The third-order valence-electron chi connectivity index (χ3n) is 20.4. The second-order valence-electron chi connectivity index (χ2n) is 29.2. The molecule has 0 aliphatic carbocycles. The monoisotopic (exact) mass is 1380 g/mol. The second kappa shape index (κ2) is 75.5. The van der Waals surface area contributed by atoms with Gasteiger partial charge in [-0.3, -0.25) is 19.2 Å². The van der Waals surface area contributed by atoms with Gasteiger partial charge in [0.05, 0.1) is 19.1 Å². The second-order valence-corrected chi connectivity index (χ2v) is 31.5. The number of nitrogens with zero attached hydrogens (tertiary/aromatic N) is 2. The van der Waals surface area contributed by atoms with E-state index in [1.807, 2.05) is 0 Å². The van der Waals surface area contributed by atoms with Crippen molar-refractivity contribution in [2.24, 2.45) is 23.7 Å². The van der Waals surface area contributed by atoms with Gasteiger partial charge in [0.1, 0.15) is 0 Å². The van der Waals surface area contributed by atoms with Gasteiger partial charge in [-0.1, -0.05) is 303 Å². The minimum atomic E-state index is -0.0260. The molecule has 0 aromatic carbocycles. The molecule has 0 amide bonds. The minimum absolute atomic E-state index is 0.0260. The van der Waals surface area contributed by atoms with Gasteiger partial charge < -0.3 is 29.5 Å². The summed E-state index contributed by atoms with van der Waals surface area (Å²) in [5.41, 5.74) is 0. The number of aliphatic hydroxyl groups is 2. The highest BCUT2D eigenvalue weighted by atomic mass is 32.2. The molecule has 10 nitrogen and oxygen atoms in total. The van der Waals surface area contributed by atoms with Crippen molar-refractivity contribution in [2.75, 3.05) is 77.2 Å². The van der Waals surface area contributed by atoms with Crippen LogP contribution in [0.1, 0.15) is 408 Å². The number of carbonyl (C=O) groups is 4. The summed E-state index contributed by atoms with van der Waals surface area (Å²) in [6.07, 6.45) is 65.4. The van der Waals surface area contributed by atoms with Crippen LogP contribution in [0.3, 0.4) is 0 Å². The Kier molecular flexibility index (Phi) is 74.5. The van der Waals surface area contributed by atoms with Crippen molar-refractivity contribution in [3.63, 3.8) is 0 Å². The van der Waals surface area contributed by atoms with Crippen LogP contribution in [-0.2, 0) is 28.7 Å². The Hall–Kier alpha value is -1.18. The molecule has 4 atom stereocenters. The lowest BCUT2D eigenvalue weighted by molar-refractivity contribution is -0.149. The van der Waals surface area contributed by atoms with Crippen LogP contribution in [0.15, 0.2) is 0 Å². The fourth-order valence-electron chi connectivity index (χ4n) is 13.8. The smallest absolute Gasteiger partial charge is 0.308 e. The first-order chi connectivity index (χ1) is 46.6. The van der Waals surface area contributed by atoms with Crippen LogP contribution in [0.2, 0.25) is 0 Å². The van der Waals surface area contributed by atoms with Crippen LogP contribution >= 0.6 is 23.5 Å². The van der Waals surface area contributed by atoms with Crippen molar-refractivity contribution in [3.8, 4) is 0 Å². The van der Waals surface area contributed by atoms with Crippen molar-refractivity contribution >= 4 is 45.7 Å². The Morgan fingerprint density at radius 2 is 0.684 bits per heavy atom. The SMILES string of the molecule is CCCCCCCCCC(=O)OCCCCCCN(CCCCO)CCCCCCSC(=O)C(CCCCCCCC)CCCC(CC)C(C)CCCCCCC(=O)SCCCCCCCN(CCCCO)CCCCCCCOC(=O)C(CCCCC)CCCCCCC. The van der Waals surface area contributed by atoms with Crippen molar-refractivity contribution in [1.82, 2.24) is 9.80 Å². The molecule has 0 spiro atoms. The molecule has 4 unspecified atom stereocenters. The summed E-state index contributed by atoms with van der Waals surface area (Å²) in [4.78, 5) is 56.9. The first-order valence-electron chi connectivity index (χ1n) is 41.9. The van der Waals surface area contributed by atoms with E-state index in [2.05, 4.69) is 51.3 Å². The van der Waals surface area contributed by atoms with E-state index in [9.17, 15) is 29.4 Å². The predicted molar refractivity (Wildman–Crippen MR) is 415 cm³/mol. The van der Waals surface area contributed by atoms with E-state index in [0.29, 0.717) is 42.2 Å². The van der Waals surface area contributed by atoms with E-state index in [0.717, 1.165) is 204 Å². The van der Waals surface area contributed by atoms with Gasteiger partial charge in [0.15, 0.2) is 10.2 Å². The molecule has 0 aromatic heterocycles. The normalized spacial score (nSPS) is 13.1. The molecule has 0 aromatic rings. The van der Waals surface area contributed by atoms with Crippen LogP contribution in [0, 0.1) is 23.7 Å². The van der Waals surface area contributed by atoms with Gasteiger partial charge in [-0.15, -0.1) is 0 Å². The lowest BCUT2D eigenvalue weighted by Crippen LogP contribution is -2.27. The molecular formula is C83H162N2O8S2. The number of carbonyl (C=O) groups excluding carboxylic acids is 4. The van der Waals surface area contributed by atoms with Crippen LogP contribution < -0.4 is 0 Å². The predicted octanol–water partition coefficient (Wildman–Crippen LogP) is 24.0. The van der Waals surface area contributed by atoms with Gasteiger partial charge in [-0.05, 0) is 167 Å². The van der Waals surface area contributed by atoms with Crippen molar-refractivity contribution in [2.45, 2.75) is 408 Å². The highest BCUT2D eigenvalue weighted by Gasteiger charge is 2.22. The Balaban J connectivity index is 4.45. The van der Waals surface area contributed by atoms with Crippen LogP contribution in [0.5, 0.6) is 0 Å². The summed E-state index contributed by atoms with van der Waals surface area (Å²) in [5.74, 6) is 3.64. The first kappa shape index (κ1) is 93.8. The molecular weight excluding hydrogens is 1220 g/mol. The lowest BCUT2D eigenvalue weighted by atomic mass is 9.82. The summed E-state index contributed by atoms with van der Waals surface area (Å²) >= 11 is 3.20. The number of ether oxygens (including phenoxy) is 2. The van der Waals surface area contributed by atoms with Gasteiger partial charge in [-0.2, -0.15) is 0 Å². The molecule has 2 N–H and O–H groups in total. The molecule has 0 fully saturated rings. The largest absolute Gasteiger partial charge is 0.466 e. The van der Waals surface area contributed by atoms with E-state index in [-0.39, 0.29) is 37.0 Å². The average molecular weight is 1380 g/mol. The third kappa shape index (κ3) is 64.7. The number of hydrogen-bond donors (Lipinski definition) is 2. The number of rotatable bonds is 78. The number of thioether (sulfide) groups is 2. The highest BCUT2D eigenvalue weighted by molar-refractivity contribution is 8.13. The fraction of sp³-hybridized carbons (Fsp3) is 0.952. The van der Waals surface area contributed by atoms with Gasteiger partial charge in [0, 0.05) is 43.5 Å². The minimum Gasteiger partial charge on any atom is -0.466 e. The standard InChI is InChI=1S/C83H162N2O8S2/c1-7-12-16-19-21-26-41-62-80(88)92-72-51-34-31-45-66-85(69-48-50-71-87)67-46-32-36-54-75-95-83(91)79(59-40-25-20-17-13-8-2)61-55-60-77(11-5)76(6)56-38-27-28-42-63-81(89)94-74-53-35-23-30-44-65-84(68-47-49-70-86)64-43-29-22-33-52-73-93-82(90)78(57-37-15-10-4)58-39-24-18-14-9-3/h76-79,86-87H,7-75H2,1-6H3. The Labute approximate surface area is 599 Å². The molecule has 12 heteroatoms. The van der Waals surface area contributed by atoms with E-state index in [4.69, 9.17) is 9.47 Å². The fourth-order valence-corrected chi connectivity index (χ4v) is 15.7. The zero-order chi connectivity index (χ0) is 69.4. The summed E-state index contributed by atoms with van der Waals surface area (Å²) in [5, 5.41) is 19.7. The van der Waals surface area contributed by atoms with Crippen LogP contribution in [0.25, 0.3) is 0 Å². The molecule has 0 bridgehead atoms. The maximum Gasteiger partial charge on any atom is 0.308 e. The van der Waals surface area contributed by atoms with Crippen molar-refractivity contribution in [3.05, 3.63) is 0 Å². The average Bonchev–Trinajstić information content (AvgIpc) is 3.78. The zero-order valence-corrected chi connectivity index (χ0v) is 65.8. The topological polar surface area (TPSA) is 134 Å². The molecule has 0 aliphatic rings. The maximum absolute atomic E-state index is 13.8. The van der Waals surface area contributed by atoms with Gasteiger partial charge in [0.25, 0.3) is 0 Å². The third-order valence-corrected chi connectivity index (χ3v) is 22.5. The number of aliphatic hydroxyl groups excluding tert-OH is 2. The maximum atomic E-state index is 13.8. The summed E-state index contributed by atoms with van der Waals surface area (Å²) in [6, 6.07) is 0. The summed E-state index contributed by atoms with van der Waals surface area (Å²) in [7, 11) is 0. The van der Waals surface area contributed by atoms with E-state index in [1.54, 1.807) is 23.5 Å². The quantitative estimate of drug-likeness (QED) is 0.0444. The Bertz CT molecular complexity index is 1630. The molecule has 95 heavy (non-hydrogen) atoms. The lowest BCUT2D eigenvalue weighted by Gasteiger charge is -2.24. The molecule has 0 rings (SSSR count). The molecule has 0 radical (unpaired) electrons. The Morgan fingerprint density at radius 1 is 0.337 bits per heavy atom. The Morgan fingerprint density at radius 3 is 1.16 bits per heavy atom. The molecule has 0 saturated carbocycles. The van der Waals surface area contributed by atoms with E-state index in [1.165, 1.54) is 205 Å². The zero-order valence-electron chi connectivity index (χ0n) is 64.2. The van der Waals surface area contributed by atoms with Gasteiger partial charge in [-0.25, -0.2) is 0 Å². The molecule has 0 heterocycles. The number of hydrogen-bond acceptors (Lipinski definition) is 12. The van der Waals surface area contributed by atoms with Gasteiger partial charge in [0.2, 0.25) is 0 Å². The molecule has 0 aliphatic heterocycles.